The molecule has 4 fully saturated rings. The van der Waals surface area contributed by atoms with E-state index in [0.29, 0.717) is 11.1 Å². The molecule has 0 heterocycles. The second kappa shape index (κ2) is 4.88. The predicted molar refractivity (Wildman–Crippen MR) is 83.6 cm³/mol. The van der Waals surface area contributed by atoms with Gasteiger partial charge in [0.05, 0.1) is 10.7 Å². The Balaban J connectivity index is 1.61. The number of hydrogen-bond acceptors (Lipinski definition) is 1. The summed E-state index contributed by atoms with van der Waals surface area (Å²) in [5, 5.41) is 4.12. The first-order chi connectivity index (χ1) is 9.60. The van der Waals surface area contributed by atoms with Crippen molar-refractivity contribution in [2.75, 3.05) is 5.32 Å². The second-order valence-electron chi connectivity index (χ2n) is 6.85. The minimum Gasteiger partial charge on any atom is -0.380 e. The molecule has 0 aromatic heterocycles. The molecule has 4 aliphatic rings. The van der Waals surface area contributed by atoms with Crippen molar-refractivity contribution < 1.29 is 4.39 Å². The lowest BCUT2D eigenvalue weighted by Crippen LogP contribution is -2.51. The standard InChI is InChI=1S/C16H18BrClFN/c17-13-6-12(19)7-14(18)16(13)20-15-10-2-8-1-9(4-10)5-11(15)3-8/h6-11,15,20H,1-5H2. The molecule has 0 radical (unpaired) electrons. The van der Waals surface area contributed by atoms with Gasteiger partial charge in [-0.2, -0.15) is 0 Å². The smallest absolute Gasteiger partial charge is 0.125 e. The third-order valence-electron chi connectivity index (χ3n) is 5.54. The van der Waals surface area contributed by atoms with Gasteiger partial charge in [-0.25, -0.2) is 4.39 Å². The van der Waals surface area contributed by atoms with Gasteiger partial charge in [-0.3, -0.25) is 0 Å². The molecule has 4 aliphatic carbocycles. The van der Waals surface area contributed by atoms with Crippen LogP contribution in [0.2, 0.25) is 5.02 Å². The Morgan fingerprint density at radius 1 is 1.05 bits per heavy atom. The number of hydrogen-bond donors (Lipinski definition) is 1. The Bertz CT molecular complexity index is 496. The van der Waals surface area contributed by atoms with Gasteiger partial charge in [-0.15, -0.1) is 0 Å². The maximum Gasteiger partial charge on any atom is 0.125 e. The number of halogens is 3. The van der Waals surface area contributed by atoms with Gasteiger partial charge in [0.2, 0.25) is 0 Å². The summed E-state index contributed by atoms with van der Waals surface area (Å²) in [5.74, 6) is 3.18. The summed E-state index contributed by atoms with van der Waals surface area (Å²) in [6.07, 6.45) is 6.91. The molecule has 1 aromatic carbocycles. The van der Waals surface area contributed by atoms with E-state index in [9.17, 15) is 4.39 Å². The lowest BCUT2D eigenvalue weighted by atomic mass is 9.54. The van der Waals surface area contributed by atoms with E-state index in [-0.39, 0.29) is 5.82 Å². The van der Waals surface area contributed by atoms with Gasteiger partial charge < -0.3 is 5.32 Å². The van der Waals surface area contributed by atoms with Gasteiger partial charge in [-0.1, -0.05) is 11.6 Å². The monoisotopic (exact) mass is 357 g/mol. The van der Waals surface area contributed by atoms with E-state index >= 15 is 0 Å². The van der Waals surface area contributed by atoms with Crippen LogP contribution < -0.4 is 5.32 Å². The van der Waals surface area contributed by atoms with Crippen LogP contribution in [0.25, 0.3) is 0 Å². The zero-order chi connectivity index (χ0) is 13.9. The van der Waals surface area contributed by atoms with Gasteiger partial charge in [-0.05, 0) is 83.8 Å². The van der Waals surface area contributed by atoms with Crippen LogP contribution in [0.15, 0.2) is 16.6 Å². The SMILES string of the molecule is Fc1cc(Cl)c(NC2C3CC4CC(C3)CC2C4)c(Br)c1. The number of anilines is 1. The van der Waals surface area contributed by atoms with Crippen LogP contribution in [0.3, 0.4) is 0 Å². The Labute approximate surface area is 132 Å². The van der Waals surface area contributed by atoms with Crippen molar-refractivity contribution in [3.63, 3.8) is 0 Å². The lowest BCUT2D eigenvalue weighted by molar-refractivity contribution is 0.00752. The van der Waals surface area contributed by atoms with Crippen LogP contribution in [0.1, 0.15) is 32.1 Å². The van der Waals surface area contributed by atoms with E-state index in [2.05, 4.69) is 21.2 Å². The predicted octanol–water partition coefficient (Wildman–Crippen LogP) is 5.48. The normalized spacial score (nSPS) is 38.2. The van der Waals surface area contributed by atoms with E-state index in [1.54, 1.807) is 0 Å². The fraction of sp³-hybridized carbons (Fsp3) is 0.625. The number of benzene rings is 1. The van der Waals surface area contributed by atoms with E-state index < -0.39 is 0 Å². The fourth-order valence-electron chi connectivity index (χ4n) is 5.01. The highest BCUT2D eigenvalue weighted by Crippen LogP contribution is 2.54. The quantitative estimate of drug-likeness (QED) is 0.738. The molecule has 0 aliphatic heterocycles. The van der Waals surface area contributed by atoms with Gasteiger partial charge in [0.15, 0.2) is 0 Å². The Kier molecular flexibility index (Phi) is 3.26. The molecule has 5 rings (SSSR count). The topological polar surface area (TPSA) is 12.0 Å². The first kappa shape index (κ1) is 13.4. The third kappa shape index (κ3) is 2.18. The van der Waals surface area contributed by atoms with Crippen molar-refractivity contribution in [3.8, 4) is 0 Å². The van der Waals surface area contributed by atoms with Crippen LogP contribution in [0.4, 0.5) is 10.1 Å². The molecular formula is C16H18BrClFN. The van der Waals surface area contributed by atoms with Crippen molar-refractivity contribution in [3.05, 3.63) is 27.4 Å². The Morgan fingerprint density at radius 2 is 1.65 bits per heavy atom. The molecule has 0 unspecified atom stereocenters. The van der Waals surface area contributed by atoms with Crippen molar-refractivity contribution in [1.29, 1.82) is 0 Å². The van der Waals surface area contributed by atoms with Crippen molar-refractivity contribution >= 4 is 33.2 Å². The molecule has 0 spiro atoms. The highest BCUT2D eigenvalue weighted by atomic mass is 79.9. The molecule has 1 N–H and O–H groups in total. The Morgan fingerprint density at radius 3 is 2.20 bits per heavy atom. The highest BCUT2D eigenvalue weighted by molar-refractivity contribution is 9.10. The van der Waals surface area contributed by atoms with Gasteiger partial charge in [0, 0.05) is 10.5 Å². The van der Waals surface area contributed by atoms with E-state index in [1.165, 1.54) is 44.2 Å². The summed E-state index contributed by atoms with van der Waals surface area (Å²) in [6, 6.07) is 3.40. The van der Waals surface area contributed by atoms with Crippen molar-refractivity contribution in [2.24, 2.45) is 23.7 Å². The van der Waals surface area contributed by atoms with Gasteiger partial charge >= 0.3 is 0 Å². The minimum atomic E-state index is -0.294. The summed E-state index contributed by atoms with van der Waals surface area (Å²) < 4.78 is 14.1. The first-order valence-electron chi connectivity index (χ1n) is 7.51. The van der Waals surface area contributed by atoms with Crippen LogP contribution in [-0.2, 0) is 0 Å². The molecule has 0 amide bonds. The van der Waals surface area contributed by atoms with Gasteiger partial charge in [0.25, 0.3) is 0 Å². The molecule has 0 atom stereocenters. The summed E-state index contributed by atoms with van der Waals surface area (Å²) in [5.41, 5.74) is 0.866. The summed E-state index contributed by atoms with van der Waals surface area (Å²) >= 11 is 9.65. The molecule has 20 heavy (non-hydrogen) atoms. The number of rotatable bonds is 2. The molecule has 4 heteroatoms. The van der Waals surface area contributed by atoms with E-state index in [1.807, 2.05) is 0 Å². The van der Waals surface area contributed by atoms with Crippen LogP contribution >= 0.6 is 27.5 Å². The minimum absolute atomic E-state index is 0.294. The average molecular weight is 359 g/mol. The van der Waals surface area contributed by atoms with Crippen LogP contribution in [0, 0.1) is 29.5 Å². The average Bonchev–Trinajstić information content (AvgIpc) is 2.35. The maximum atomic E-state index is 13.3. The molecule has 4 saturated carbocycles. The molecule has 1 nitrogen and oxygen atoms in total. The summed E-state index contributed by atoms with van der Waals surface area (Å²) in [4.78, 5) is 0. The highest BCUT2D eigenvalue weighted by Gasteiger charge is 2.48. The summed E-state index contributed by atoms with van der Waals surface area (Å²) in [7, 11) is 0. The largest absolute Gasteiger partial charge is 0.380 e. The van der Waals surface area contributed by atoms with Gasteiger partial charge in [0.1, 0.15) is 5.82 Å². The fourth-order valence-corrected chi connectivity index (χ4v) is 5.93. The number of nitrogens with one attached hydrogen (secondary N) is 1. The Hall–Kier alpha value is -0.280. The van der Waals surface area contributed by atoms with Crippen molar-refractivity contribution in [2.45, 2.75) is 38.1 Å². The second-order valence-corrected chi connectivity index (χ2v) is 8.11. The first-order valence-corrected chi connectivity index (χ1v) is 8.68. The van der Waals surface area contributed by atoms with Crippen LogP contribution in [-0.4, -0.2) is 6.04 Å². The molecule has 0 saturated heterocycles. The van der Waals surface area contributed by atoms with E-state index in [0.717, 1.165) is 33.8 Å². The van der Waals surface area contributed by atoms with E-state index in [4.69, 9.17) is 11.6 Å². The third-order valence-corrected chi connectivity index (χ3v) is 6.47. The molecule has 1 aromatic rings. The summed E-state index contributed by atoms with van der Waals surface area (Å²) in [6.45, 7) is 0. The molecular weight excluding hydrogens is 341 g/mol. The maximum absolute atomic E-state index is 13.3. The molecule has 108 valence electrons. The molecule has 4 bridgehead atoms. The zero-order valence-electron chi connectivity index (χ0n) is 11.2. The zero-order valence-corrected chi connectivity index (χ0v) is 13.6. The van der Waals surface area contributed by atoms with Crippen molar-refractivity contribution in [1.82, 2.24) is 0 Å². The van der Waals surface area contributed by atoms with Crippen LogP contribution in [0.5, 0.6) is 0 Å². The lowest BCUT2D eigenvalue weighted by Gasteiger charge is -2.54.